The van der Waals surface area contributed by atoms with Gasteiger partial charge in [0, 0.05) is 12.1 Å². The van der Waals surface area contributed by atoms with E-state index >= 15 is 0 Å². The zero-order chi connectivity index (χ0) is 10.8. The molecule has 1 aromatic rings. The highest BCUT2D eigenvalue weighted by Crippen LogP contribution is 2.13. The van der Waals surface area contributed by atoms with Gasteiger partial charge in [0.05, 0.1) is 12.5 Å². The first-order valence-electron chi connectivity index (χ1n) is 4.55. The van der Waals surface area contributed by atoms with Gasteiger partial charge in [-0.25, -0.2) is 4.79 Å². The van der Waals surface area contributed by atoms with E-state index in [1.54, 1.807) is 36.2 Å². The first-order valence-corrected chi connectivity index (χ1v) is 4.55. The fraction of sp³-hybridized carbons (Fsp3) is 0.455. The van der Waals surface area contributed by atoms with Gasteiger partial charge in [0.1, 0.15) is 5.75 Å². The summed E-state index contributed by atoms with van der Waals surface area (Å²) in [5, 5.41) is 0. The van der Waals surface area contributed by atoms with Crippen molar-refractivity contribution < 1.29 is 14.1 Å². The Hall–Kier alpha value is -1.38. The second-order valence-electron chi connectivity index (χ2n) is 4.20. The van der Waals surface area contributed by atoms with Crippen LogP contribution in [-0.4, -0.2) is 13.0 Å². The summed E-state index contributed by atoms with van der Waals surface area (Å²) in [6.45, 7) is 5.69. The molecular formula is C11H16NO2+. The summed E-state index contributed by atoms with van der Waals surface area (Å²) in [5.41, 5.74) is -0.362. The Morgan fingerprint density at radius 3 is 2.14 bits per heavy atom. The van der Waals surface area contributed by atoms with Gasteiger partial charge in [-0.1, -0.05) is 0 Å². The average Bonchev–Trinajstić information content (AvgIpc) is 2.15. The lowest BCUT2D eigenvalue weighted by molar-refractivity contribution is -0.579. The summed E-state index contributed by atoms with van der Waals surface area (Å²) >= 11 is 0. The molecule has 1 rings (SSSR count). The highest BCUT2D eigenvalue weighted by molar-refractivity contribution is 5.72. The molecule has 76 valence electrons. The summed E-state index contributed by atoms with van der Waals surface area (Å²) < 4.78 is 6.58. The van der Waals surface area contributed by atoms with Crippen LogP contribution in [0.1, 0.15) is 25.6 Å². The number of ether oxygens (including phenoxy) is 1. The van der Waals surface area contributed by atoms with Gasteiger partial charge in [-0.05, 0) is 20.8 Å². The van der Waals surface area contributed by atoms with E-state index in [-0.39, 0.29) is 11.3 Å². The third-order valence-corrected chi connectivity index (χ3v) is 1.91. The number of methoxy groups -OCH3 is 1. The van der Waals surface area contributed by atoms with Gasteiger partial charge in [0.2, 0.25) is 0 Å². The van der Waals surface area contributed by atoms with E-state index in [1.165, 1.54) is 0 Å². The van der Waals surface area contributed by atoms with E-state index in [0.717, 1.165) is 5.75 Å². The average molecular weight is 194 g/mol. The number of pyridine rings is 1. The molecule has 0 bridgehead atoms. The van der Waals surface area contributed by atoms with Crippen LogP contribution < -0.4 is 9.30 Å². The second-order valence-corrected chi connectivity index (χ2v) is 4.20. The van der Waals surface area contributed by atoms with E-state index < -0.39 is 0 Å². The number of carbonyl (C=O) groups is 1. The molecule has 0 saturated heterocycles. The van der Waals surface area contributed by atoms with Crippen LogP contribution in [0.15, 0.2) is 24.5 Å². The van der Waals surface area contributed by atoms with Crippen LogP contribution in [0.25, 0.3) is 0 Å². The first kappa shape index (κ1) is 10.7. The molecule has 0 aromatic carbocycles. The van der Waals surface area contributed by atoms with Gasteiger partial charge in [-0.15, -0.1) is 4.57 Å². The molecule has 0 spiro atoms. The number of nitrogens with zero attached hydrogens (tertiary/aromatic N) is 1. The summed E-state index contributed by atoms with van der Waals surface area (Å²) in [7, 11) is 1.60. The molecule has 0 unspecified atom stereocenters. The Labute approximate surface area is 84.3 Å². The topological polar surface area (TPSA) is 30.2 Å². The number of aromatic nitrogens is 1. The molecule has 0 aliphatic rings. The Balaban J connectivity index is 2.93. The minimum atomic E-state index is -0.362. The third kappa shape index (κ3) is 2.31. The molecule has 0 aliphatic heterocycles. The van der Waals surface area contributed by atoms with E-state index in [4.69, 9.17) is 4.74 Å². The molecule has 0 radical (unpaired) electrons. The molecule has 0 aliphatic carbocycles. The maximum Gasteiger partial charge on any atom is 0.397 e. The number of hydrogen-bond donors (Lipinski definition) is 0. The second kappa shape index (κ2) is 3.78. The van der Waals surface area contributed by atoms with Crippen LogP contribution in [0.2, 0.25) is 0 Å². The predicted octanol–water partition coefficient (Wildman–Crippen LogP) is 1.67. The zero-order valence-corrected chi connectivity index (χ0v) is 9.07. The molecule has 0 atom stereocenters. The van der Waals surface area contributed by atoms with Crippen molar-refractivity contribution in [2.45, 2.75) is 20.8 Å². The predicted molar refractivity (Wildman–Crippen MR) is 53.3 cm³/mol. The Morgan fingerprint density at radius 2 is 1.79 bits per heavy atom. The van der Waals surface area contributed by atoms with Crippen LogP contribution in [-0.2, 0) is 0 Å². The summed E-state index contributed by atoms with van der Waals surface area (Å²) in [6.07, 6.45) is 3.43. The molecule has 0 saturated carbocycles. The van der Waals surface area contributed by atoms with Crippen molar-refractivity contribution in [3.05, 3.63) is 24.5 Å². The monoisotopic (exact) mass is 194 g/mol. The van der Waals surface area contributed by atoms with Crippen molar-refractivity contribution >= 4 is 5.91 Å². The smallest absolute Gasteiger partial charge is 0.397 e. The van der Waals surface area contributed by atoms with Crippen molar-refractivity contribution in [3.8, 4) is 5.75 Å². The summed E-state index contributed by atoms with van der Waals surface area (Å²) in [5.74, 6) is 0.822. The quantitative estimate of drug-likeness (QED) is 0.636. The highest BCUT2D eigenvalue weighted by Gasteiger charge is 2.30. The maximum absolute atomic E-state index is 11.8. The molecular weight excluding hydrogens is 178 g/mol. The fourth-order valence-electron chi connectivity index (χ4n) is 1.07. The van der Waals surface area contributed by atoms with Gasteiger partial charge in [-0.2, -0.15) is 0 Å². The van der Waals surface area contributed by atoms with E-state index in [9.17, 15) is 4.79 Å². The van der Waals surface area contributed by atoms with E-state index in [1.807, 2.05) is 20.8 Å². The van der Waals surface area contributed by atoms with Crippen molar-refractivity contribution in [1.29, 1.82) is 0 Å². The van der Waals surface area contributed by atoms with Gasteiger partial charge in [0.25, 0.3) is 0 Å². The summed E-state index contributed by atoms with van der Waals surface area (Å²) in [4.78, 5) is 11.8. The number of hydrogen-bond acceptors (Lipinski definition) is 2. The van der Waals surface area contributed by atoms with Crippen LogP contribution in [0.4, 0.5) is 0 Å². The van der Waals surface area contributed by atoms with Crippen LogP contribution in [0, 0.1) is 5.41 Å². The first-order chi connectivity index (χ1) is 6.45. The van der Waals surface area contributed by atoms with Gasteiger partial charge >= 0.3 is 5.91 Å². The van der Waals surface area contributed by atoms with Gasteiger partial charge < -0.3 is 4.74 Å². The highest BCUT2D eigenvalue weighted by atomic mass is 16.5. The lowest BCUT2D eigenvalue weighted by Gasteiger charge is -2.10. The molecule has 0 N–H and O–H groups in total. The maximum atomic E-state index is 11.8. The van der Waals surface area contributed by atoms with E-state index in [0.29, 0.717) is 0 Å². The third-order valence-electron chi connectivity index (χ3n) is 1.91. The lowest BCUT2D eigenvalue weighted by Crippen LogP contribution is -2.48. The molecule has 3 nitrogen and oxygen atoms in total. The lowest BCUT2D eigenvalue weighted by atomic mass is 9.95. The molecule has 1 heterocycles. The normalized spacial score (nSPS) is 11.1. The fourth-order valence-corrected chi connectivity index (χ4v) is 1.07. The van der Waals surface area contributed by atoms with Crippen molar-refractivity contribution in [3.63, 3.8) is 0 Å². The molecule has 0 fully saturated rings. The summed E-state index contributed by atoms with van der Waals surface area (Å²) in [6, 6.07) is 3.54. The van der Waals surface area contributed by atoms with Crippen molar-refractivity contribution in [2.24, 2.45) is 5.41 Å². The molecule has 14 heavy (non-hydrogen) atoms. The SMILES string of the molecule is COc1cc[n+](C(=O)C(C)(C)C)cc1. The Bertz CT molecular complexity index is 322. The largest absolute Gasteiger partial charge is 0.496 e. The Kier molecular flexibility index (Phi) is 2.89. The van der Waals surface area contributed by atoms with Crippen molar-refractivity contribution in [2.75, 3.05) is 7.11 Å². The molecule has 1 aromatic heterocycles. The van der Waals surface area contributed by atoms with Crippen LogP contribution in [0.3, 0.4) is 0 Å². The molecule has 0 amide bonds. The number of carbonyl (C=O) groups excluding carboxylic acids is 1. The van der Waals surface area contributed by atoms with Gasteiger partial charge in [0.15, 0.2) is 12.4 Å². The molecule has 3 heteroatoms. The number of rotatable bonds is 1. The van der Waals surface area contributed by atoms with Gasteiger partial charge in [-0.3, -0.25) is 0 Å². The standard InChI is InChI=1S/C11H16NO2/c1-11(2,3)10(13)12-7-5-9(14-4)6-8-12/h5-8H,1-4H3/q+1. The Morgan fingerprint density at radius 1 is 1.29 bits per heavy atom. The van der Waals surface area contributed by atoms with Crippen molar-refractivity contribution in [1.82, 2.24) is 0 Å². The minimum Gasteiger partial charge on any atom is -0.496 e. The zero-order valence-electron chi connectivity index (χ0n) is 9.07. The van der Waals surface area contributed by atoms with Crippen LogP contribution in [0.5, 0.6) is 5.75 Å². The van der Waals surface area contributed by atoms with Crippen LogP contribution >= 0.6 is 0 Å². The minimum absolute atomic E-state index is 0.0696. The van der Waals surface area contributed by atoms with E-state index in [2.05, 4.69) is 0 Å².